The highest BCUT2D eigenvalue weighted by Crippen LogP contribution is 2.37. The van der Waals surface area contributed by atoms with Gasteiger partial charge in [-0.25, -0.2) is 8.78 Å². The molecule has 1 aromatic heterocycles. The van der Waals surface area contributed by atoms with Crippen LogP contribution in [0.2, 0.25) is 0 Å². The summed E-state index contributed by atoms with van der Waals surface area (Å²) in [5, 5.41) is 1.87. The van der Waals surface area contributed by atoms with Crippen LogP contribution in [0, 0.1) is 12.8 Å². The summed E-state index contributed by atoms with van der Waals surface area (Å²) < 4.78 is 25.9. The number of rotatable bonds is 2. The van der Waals surface area contributed by atoms with Gasteiger partial charge >= 0.3 is 0 Å². The fourth-order valence-corrected chi connectivity index (χ4v) is 2.87. The average molecular weight is 244 g/mol. The second kappa shape index (κ2) is 4.24. The lowest BCUT2D eigenvalue weighted by atomic mass is 9.82. The summed E-state index contributed by atoms with van der Waals surface area (Å²) in [6.07, 6.45) is 0.349. The number of carbonyl (C=O) groups excluding carboxylic acids is 1. The molecule has 1 fully saturated rings. The third-order valence-corrected chi connectivity index (χ3v) is 4.06. The molecule has 1 aliphatic carbocycles. The van der Waals surface area contributed by atoms with Gasteiger partial charge in [0.2, 0.25) is 5.92 Å². The summed E-state index contributed by atoms with van der Waals surface area (Å²) >= 11 is 1.53. The van der Waals surface area contributed by atoms with E-state index in [1.54, 1.807) is 6.07 Å². The topological polar surface area (TPSA) is 17.1 Å². The van der Waals surface area contributed by atoms with Gasteiger partial charge in [-0.2, -0.15) is 0 Å². The lowest BCUT2D eigenvalue weighted by molar-refractivity contribution is -0.0424. The molecule has 0 bridgehead atoms. The molecule has 0 radical (unpaired) electrons. The SMILES string of the molecule is Cc1sccc1C(=O)C1CCC(F)(F)CC1. The van der Waals surface area contributed by atoms with Crippen LogP contribution in [0.15, 0.2) is 11.4 Å². The molecular formula is C12H14F2OS. The molecule has 0 atom stereocenters. The van der Waals surface area contributed by atoms with E-state index in [2.05, 4.69) is 0 Å². The first-order valence-corrected chi connectivity index (χ1v) is 6.34. The number of thiophene rings is 1. The molecule has 0 amide bonds. The lowest BCUT2D eigenvalue weighted by Crippen LogP contribution is -2.28. The standard InChI is InChI=1S/C12H14F2OS/c1-8-10(4-7-16-8)11(15)9-2-5-12(13,14)6-3-9/h4,7,9H,2-3,5-6H2,1H3. The second-order valence-corrected chi connectivity index (χ2v) is 5.51. The van der Waals surface area contributed by atoms with Gasteiger partial charge in [0.25, 0.3) is 0 Å². The molecule has 1 aliphatic rings. The number of ketones is 1. The zero-order valence-corrected chi connectivity index (χ0v) is 9.95. The highest BCUT2D eigenvalue weighted by Gasteiger charge is 2.37. The van der Waals surface area contributed by atoms with Gasteiger partial charge in [-0.3, -0.25) is 4.79 Å². The van der Waals surface area contributed by atoms with Crippen LogP contribution in [0.1, 0.15) is 40.9 Å². The number of alkyl halides is 2. The van der Waals surface area contributed by atoms with Crippen LogP contribution in [0.25, 0.3) is 0 Å². The normalized spacial score (nSPS) is 20.9. The predicted octanol–water partition coefficient (Wildman–Crippen LogP) is 4.06. The predicted molar refractivity (Wildman–Crippen MR) is 60.3 cm³/mol. The molecule has 0 unspecified atom stereocenters. The van der Waals surface area contributed by atoms with Crippen molar-refractivity contribution in [2.45, 2.75) is 38.5 Å². The van der Waals surface area contributed by atoms with E-state index in [1.165, 1.54) is 11.3 Å². The summed E-state index contributed by atoms with van der Waals surface area (Å²) in [5.74, 6) is -2.71. The van der Waals surface area contributed by atoms with Crippen LogP contribution in [-0.2, 0) is 0 Å². The van der Waals surface area contributed by atoms with Crippen molar-refractivity contribution < 1.29 is 13.6 Å². The fraction of sp³-hybridized carbons (Fsp3) is 0.583. The Balaban J connectivity index is 2.05. The third kappa shape index (κ3) is 2.32. The van der Waals surface area contributed by atoms with Crippen LogP contribution in [-0.4, -0.2) is 11.7 Å². The molecule has 16 heavy (non-hydrogen) atoms. The smallest absolute Gasteiger partial charge is 0.248 e. The summed E-state index contributed by atoms with van der Waals surface area (Å²) in [6, 6.07) is 1.80. The van der Waals surface area contributed by atoms with E-state index in [0.29, 0.717) is 12.8 Å². The molecule has 0 saturated heterocycles. The maximum atomic E-state index is 13.0. The molecule has 0 aliphatic heterocycles. The van der Waals surface area contributed by atoms with Gasteiger partial charge in [0.1, 0.15) is 0 Å². The third-order valence-electron chi connectivity index (χ3n) is 3.21. The van der Waals surface area contributed by atoms with Crippen LogP contribution in [0.4, 0.5) is 8.78 Å². The van der Waals surface area contributed by atoms with E-state index in [9.17, 15) is 13.6 Å². The van der Waals surface area contributed by atoms with Crippen molar-refractivity contribution in [1.29, 1.82) is 0 Å². The first-order valence-electron chi connectivity index (χ1n) is 5.46. The van der Waals surface area contributed by atoms with E-state index in [1.807, 2.05) is 12.3 Å². The second-order valence-electron chi connectivity index (χ2n) is 4.38. The highest BCUT2D eigenvalue weighted by molar-refractivity contribution is 7.10. The zero-order chi connectivity index (χ0) is 11.8. The summed E-state index contributed by atoms with van der Waals surface area (Å²) in [5.41, 5.74) is 0.722. The van der Waals surface area contributed by atoms with Crippen LogP contribution < -0.4 is 0 Å². The van der Waals surface area contributed by atoms with Gasteiger partial charge in [-0.15, -0.1) is 11.3 Å². The molecule has 0 N–H and O–H groups in total. The minimum absolute atomic E-state index is 0.0502. The fourth-order valence-electron chi connectivity index (χ4n) is 2.16. The Morgan fingerprint density at radius 3 is 2.56 bits per heavy atom. The largest absolute Gasteiger partial charge is 0.294 e. The Kier molecular flexibility index (Phi) is 3.10. The first-order chi connectivity index (χ1) is 7.49. The van der Waals surface area contributed by atoms with E-state index < -0.39 is 5.92 Å². The molecule has 88 valence electrons. The molecule has 0 aromatic carbocycles. The number of carbonyl (C=O) groups is 1. The molecular weight excluding hydrogens is 230 g/mol. The molecule has 2 rings (SSSR count). The first kappa shape index (κ1) is 11.7. The van der Waals surface area contributed by atoms with E-state index >= 15 is 0 Å². The Hall–Kier alpha value is -0.770. The van der Waals surface area contributed by atoms with Crippen LogP contribution in [0.5, 0.6) is 0 Å². The number of halogens is 2. The maximum Gasteiger partial charge on any atom is 0.248 e. The molecule has 1 nitrogen and oxygen atoms in total. The number of aryl methyl sites for hydroxylation is 1. The quantitative estimate of drug-likeness (QED) is 0.717. The molecule has 1 saturated carbocycles. The minimum Gasteiger partial charge on any atom is -0.294 e. The van der Waals surface area contributed by atoms with Gasteiger partial charge in [0.05, 0.1) is 0 Å². The molecule has 0 spiro atoms. The zero-order valence-electron chi connectivity index (χ0n) is 9.13. The number of hydrogen-bond acceptors (Lipinski definition) is 2. The monoisotopic (exact) mass is 244 g/mol. The van der Waals surface area contributed by atoms with Gasteiger partial charge < -0.3 is 0 Å². The van der Waals surface area contributed by atoms with Crippen molar-refractivity contribution in [3.8, 4) is 0 Å². The van der Waals surface area contributed by atoms with Crippen molar-refractivity contribution in [1.82, 2.24) is 0 Å². The Morgan fingerprint density at radius 1 is 1.44 bits per heavy atom. The van der Waals surface area contributed by atoms with Gasteiger partial charge in [0.15, 0.2) is 5.78 Å². The summed E-state index contributed by atoms with van der Waals surface area (Å²) in [7, 11) is 0. The van der Waals surface area contributed by atoms with Gasteiger partial charge in [0, 0.05) is 29.2 Å². The van der Waals surface area contributed by atoms with Crippen molar-refractivity contribution in [2.75, 3.05) is 0 Å². The minimum atomic E-state index is -2.56. The van der Waals surface area contributed by atoms with E-state index in [4.69, 9.17) is 0 Å². The summed E-state index contributed by atoms with van der Waals surface area (Å²) in [6.45, 7) is 1.90. The average Bonchev–Trinajstić information content (AvgIpc) is 2.63. The van der Waals surface area contributed by atoms with Crippen LogP contribution >= 0.6 is 11.3 Å². The van der Waals surface area contributed by atoms with Gasteiger partial charge in [-0.05, 0) is 31.2 Å². The van der Waals surface area contributed by atoms with Crippen molar-refractivity contribution in [2.24, 2.45) is 5.92 Å². The number of hydrogen-bond donors (Lipinski definition) is 0. The summed E-state index contributed by atoms with van der Waals surface area (Å²) in [4.78, 5) is 13.0. The molecule has 1 heterocycles. The number of Topliss-reactive ketones (excluding diaryl/α,β-unsaturated/α-hetero) is 1. The lowest BCUT2D eigenvalue weighted by Gasteiger charge is -2.27. The Bertz CT molecular complexity index is 387. The highest BCUT2D eigenvalue weighted by atomic mass is 32.1. The van der Waals surface area contributed by atoms with E-state index in [-0.39, 0.29) is 24.5 Å². The molecule has 4 heteroatoms. The van der Waals surface area contributed by atoms with Crippen molar-refractivity contribution >= 4 is 17.1 Å². The Morgan fingerprint density at radius 2 is 2.06 bits per heavy atom. The van der Waals surface area contributed by atoms with Crippen molar-refractivity contribution in [3.63, 3.8) is 0 Å². The van der Waals surface area contributed by atoms with Crippen LogP contribution in [0.3, 0.4) is 0 Å². The van der Waals surface area contributed by atoms with E-state index in [0.717, 1.165) is 10.4 Å². The van der Waals surface area contributed by atoms with Crippen molar-refractivity contribution in [3.05, 3.63) is 21.9 Å². The maximum absolute atomic E-state index is 13.0. The Labute approximate surface area is 97.5 Å². The van der Waals surface area contributed by atoms with Gasteiger partial charge in [-0.1, -0.05) is 0 Å². The molecule has 1 aromatic rings.